The van der Waals surface area contributed by atoms with Crippen molar-refractivity contribution in [2.24, 2.45) is 13.0 Å². The van der Waals surface area contributed by atoms with Gasteiger partial charge in [0.15, 0.2) is 0 Å². The molecule has 1 aromatic rings. The number of rotatable bonds is 2. The minimum absolute atomic E-state index is 0. The van der Waals surface area contributed by atoms with Crippen molar-refractivity contribution in [1.29, 1.82) is 0 Å². The lowest BCUT2D eigenvalue weighted by Crippen LogP contribution is -2.48. The predicted octanol–water partition coefficient (Wildman–Crippen LogP) is 1.83. The SMILES string of the molecule is CC1CNCCC1NC(=O)c1cc(Cl)cn1C.Cl. The summed E-state index contributed by atoms with van der Waals surface area (Å²) in [4.78, 5) is 12.1. The Bertz CT molecular complexity index is 419. The van der Waals surface area contributed by atoms with Crippen LogP contribution < -0.4 is 10.6 Å². The van der Waals surface area contributed by atoms with Gasteiger partial charge >= 0.3 is 0 Å². The summed E-state index contributed by atoms with van der Waals surface area (Å²) in [6.07, 6.45) is 2.72. The molecule has 1 aliphatic heterocycles. The number of nitrogens with one attached hydrogen (secondary N) is 2. The molecule has 0 saturated carbocycles. The zero-order valence-corrected chi connectivity index (χ0v) is 12.1. The molecule has 1 saturated heterocycles. The Morgan fingerprint density at radius 2 is 2.33 bits per heavy atom. The first-order chi connectivity index (χ1) is 8.08. The van der Waals surface area contributed by atoms with Crippen LogP contribution in [-0.2, 0) is 7.05 Å². The Hall–Kier alpha value is -0.710. The van der Waals surface area contributed by atoms with Crippen LogP contribution in [0.3, 0.4) is 0 Å². The minimum Gasteiger partial charge on any atom is -0.348 e. The Morgan fingerprint density at radius 1 is 1.61 bits per heavy atom. The summed E-state index contributed by atoms with van der Waals surface area (Å²) >= 11 is 5.87. The van der Waals surface area contributed by atoms with E-state index in [2.05, 4.69) is 17.6 Å². The van der Waals surface area contributed by atoms with Crippen LogP contribution in [0.15, 0.2) is 12.3 Å². The summed E-state index contributed by atoms with van der Waals surface area (Å²) in [6, 6.07) is 1.94. The number of aromatic nitrogens is 1. The van der Waals surface area contributed by atoms with Crippen LogP contribution in [0.25, 0.3) is 0 Å². The Kier molecular flexibility index (Phi) is 5.50. The highest BCUT2D eigenvalue weighted by Crippen LogP contribution is 2.15. The summed E-state index contributed by atoms with van der Waals surface area (Å²) in [5.41, 5.74) is 0.612. The van der Waals surface area contributed by atoms with Crippen molar-refractivity contribution in [2.45, 2.75) is 19.4 Å². The third-order valence-corrected chi connectivity index (χ3v) is 3.51. The predicted molar refractivity (Wildman–Crippen MR) is 75.6 cm³/mol. The van der Waals surface area contributed by atoms with Gasteiger partial charge in [-0.2, -0.15) is 0 Å². The Labute approximate surface area is 118 Å². The van der Waals surface area contributed by atoms with E-state index in [0.29, 0.717) is 16.6 Å². The summed E-state index contributed by atoms with van der Waals surface area (Å²) in [7, 11) is 1.83. The number of nitrogens with zero attached hydrogens (tertiary/aromatic N) is 1. The number of aryl methyl sites for hydroxylation is 1. The molecule has 1 aliphatic rings. The van der Waals surface area contributed by atoms with Crippen molar-refractivity contribution in [3.63, 3.8) is 0 Å². The van der Waals surface area contributed by atoms with Gasteiger partial charge in [-0.3, -0.25) is 4.79 Å². The molecule has 2 atom stereocenters. The fourth-order valence-electron chi connectivity index (χ4n) is 2.22. The normalized spacial score (nSPS) is 23.3. The highest BCUT2D eigenvalue weighted by Gasteiger charge is 2.23. The minimum atomic E-state index is -0.0434. The number of hydrogen-bond acceptors (Lipinski definition) is 2. The largest absolute Gasteiger partial charge is 0.348 e. The smallest absolute Gasteiger partial charge is 0.268 e. The van der Waals surface area contributed by atoms with Crippen molar-refractivity contribution in [2.75, 3.05) is 13.1 Å². The molecule has 2 rings (SSSR count). The Morgan fingerprint density at radius 3 is 2.89 bits per heavy atom. The first kappa shape index (κ1) is 15.3. The fourth-order valence-corrected chi connectivity index (χ4v) is 2.47. The lowest BCUT2D eigenvalue weighted by molar-refractivity contribution is 0.0906. The van der Waals surface area contributed by atoms with Crippen LogP contribution in [-0.4, -0.2) is 29.6 Å². The van der Waals surface area contributed by atoms with E-state index in [4.69, 9.17) is 11.6 Å². The molecule has 4 nitrogen and oxygen atoms in total. The molecule has 0 aliphatic carbocycles. The molecule has 6 heteroatoms. The molecule has 0 radical (unpaired) electrons. The fraction of sp³-hybridized carbons (Fsp3) is 0.583. The number of piperidine rings is 1. The van der Waals surface area contributed by atoms with Crippen LogP contribution in [0.5, 0.6) is 0 Å². The molecule has 2 heterocycles. The standard InChI is InChI=1S/C12H18ClN3O.ClH/c1-8-6-14-4-3-10(8)15-12(17)11-5-9(13)7-16(11)2;/h5,7-8,10,14H,3-4,6H2,1-2H3,(H,15,17);1H. The van der Waals surface area contributed by atoms with Gasteiger partial charge in [0.1, 0.15) is 5.69 Å². The van der Waals surface area contributed by atoms with Gasteiger partial charge in [0, 0.05) is 19.3 Å². The van der Waals surface area contributed by atoms with Crippen LogP contribution in [0, 0.1) is 5.92 Å². The second kappa shape index (κ2) is 6.45. The van der Waals surface area contributed by atoms with Gasteiger partial charge in [-0.05, 0) is 31.5 Å². The molecule has 2 unspecified atom stereocenters. The second-order valence-electron chi connectivity index (χ2n) is 4.70. The number of halogens is 2. The lowest BCUT2D eigenvalue weighted by atomic mass is 9.95. The van der Waals surface area contributed by atoms with Crippen LogP contribution in [0.1, 0.15) is 23.8 Å². The maximum absolute atomic E-state index is 12.1. The molecule has 0 spiro atoms. The van der Waals surface area contributed by atoms with E-state index in [1.165, 1.54) is 0 Å². The first-order valence-electron chi connectivity index (χ1n) is 5.91. The van der Waals surface area contributed by atoms with Gasteiger partial charge in [-0.1, -0.05) is 18.5 Å². The number of amides is 1. The van der Waals surface area contributed by atoms with Gasteiger partial charge in [0.05, 0.1) is 5.02 Å². The van der Waals surface area contributed by atoms with E-state index in [-0.39, 0.29) is 24.4 Å². The second-order valence-corrected chi connectivity index (χ2v) is 5.14. The van der Waals surface area contributed by atoms with E-state index in [1.807, 2.05) is 7.05 Å². The van der Waals surface area contributed by atoms with Crippen molar-refractivity contribution in [3.05, 3.63) is 23.0 Å². The summed E-state index contributed by atoms with van der Waals surface area (Å²) in [6.45, 7) is 4.07. The maximum atomic E-state index is 12.1. The quantitative estimate of drug-likeness (QED) is 0.873. The molecule has 1 fully saturated rings. The molecule has 18 heavy (non-hydrogen) atoms. The van der Waals surface area contributed by atoms with Crippen LogP contribution in [0.4, 0.5) is 0 Å². The van der Waals surface area contributed by atoms with E-state index < -0.39 is 0 Å². The number of hydrogen-bond donors (Lipinski definition) is 2. The molecule has 102 valence electrons. The third-order valence-electron chi connectivity index (χ3n) is 3.31. The average molecular weight is 292 g/mol. The number of carbonyl (C=O) groups is 1. The van der Waals surface area contributed by atoms with Crippen molar-refractivity contribution in [3.8, 4) is 0 Å². The molecule has 2 N–H and O–H groups in total. The van der Waals surface area contributed by atoms with E-state index >= 15 is 0 Å². The van der Waals surface area contributed by atoms with Gasteiger partial charge in [-0.25, -0.2) is 0 Å². The monoisotopic (exact) mass is 291 g/mol. The lowest BCUT2D eigenvalue weighted by Gasteiger charge is -2.30. The van der Waals surface area contributed by atoms with E-state index in [9.17, 15) is 4.79 Å². The number of carbonyl (C=O) groups excluding carboxylic acids is 1. The average Bonchev–Trinajstić information content (AvgIpc) is 2.61. The van der Waals surface area contributed by atoms with E-state index in [0.717, 1.165) is 19.5 Å². The Balaban J connectivity index is 0.00000162. The third kappa shape index (κ3) is 3.40. The van der Waals surface area contributed by atoms with Crippen molar-refractivity contribution < 1.29 is 4.79 Å². The molecular weight excluding hydrogens is 273 g/mol. The van der Waals surface area contributed by atoms with Crippen molar-refractivity contribution in [1.82, 2.24) is 15.2 Å². The summed E-state index contributed by atoms with van der Waals surface area (Å²) < 4.78 is 1.75. The van der Waals surface area contributed by atoms with Gasteiger partial charge in [0.25, 0.3) is 5.91 Å². The van der Waals surface area contributed by atoms with E-state index in [1.54, 1.807) is 16.8 Å². The summed E-state index contributed by atoms with van der Waals surface area (Å²) in [5, 5.41) is 6.99. The van der Waals surface area contributed by atoms with Gasteiger partial charge in [0.2, 0.25) is 0 Å². The van der Waals surface area contributed by atoms with Crippen LogP contribution >= 0.6 is 24.0 Å². The van der Waals surface area contributed by atoms with Crippen LogP contribution in [0.2, 0.25) is 5.02 Å². The van der Waals surface area contributed by atoms with Gasteiger partial charge in [-0.15, -0.1) is 12.4 Å². The molecular formula is C12H19Cl2N3O. The zero-order chi connectivity index (χ0) is 12.4. The molecule has 1 aromatic heterocycles. The first-order valence-corrected chi connectivity index (χ1v) is 6.29. The molecule has 0 bridgehead atoms. The zero-order valence-electron chi connectivity index (χ0n) is 10.6. The maximum Gasteiger partial charge on any atom is 0.268 e. The molecule has 1 amide bonds. The highest BCUT2D eigenvalue weighted by molar-refractivity contribution is 6.31. The highest BCUT2D eigenvalue weighted by atomic mass is 35.5. The van der Waals surface area contributed by atoms with Crippen molar-refractivity contribution >= 4 is 29.9 Å². The topological polar surface area (TPSA) is 46.1 Å². The van der Waals surface area contributed by atoms with Gasteiger partial charge < -0.3 is 15.2 Å². The molecule has 0 aromatic carbocycles. The summed E-state index contributed by atoms with van der Waals surface area (Å²) in [5.74, 6) is 0.418.